The molecule has 3 unspecified atom stereocenters. The molecule has 0 aromatic carbocycles. The lowest BCUT2D eigenvalue weighted by atomic mass is 10.3. The number of alkyl halides is 2. The second-order valence-corrected chi connectivity index (χ2v) is 2.56. The van der Waals surface area contributed by atoms with Crippen LogP contribution in [0.15, 0.2) is 0 Å². The highest BCUT2D eigenvalue weighted by Crippen LogP contribution is 2.08. The minimum Gasteiger partial charge on any atom is -0.479 e. The molecular formula is C6H8F2N2O4. The number of hydrogen-bond donors (Lipinski definition) is 3. The Bertz CT molecular complexity index is 250. The van der Waals surface area contributed by atoms with E-state index >= 15 is 0 Å². The third-order valence-corrected chi connectivity index (χ3v) is 1.52. The van der Waals surface area contributed by atoms with E-state index in [-0.39, 0.29) is 0 Å². The van der Waals surface area contributed by atoms with Gasteiger partial charge < -0.3 is 20.5 Å². The van der Waals surface area contributed by atoms with Crippen molar-refractivity contribution in [3.63, 3.8) is 0 Å². The van der Waals surface area contributed by atoms with Gasteiger partial charge in [0.2, 0.25) is 6.17 Å². The van der Waals surface area contributed by atoms with Gasteiger partial charge in [-0.05, 0) is 0 Å². The van der Waals surface area contributed by atoms with Crippen LogP contribution in [0.25, 0.3) is 0 Å². The summed E-state index contributed by atoms with van der Waals surface area (Å²) in [5, 5.41) is 12.1. The SMILES string of the molecule is O=C1NC(CF)OC(C(F)C(=O)O)N1. The first kappa shape index (κ1) is 10.6. The number of amides is 2. The molecule has 1 aliphatic heterocycles. The molecule has 1 saturated heterocycles. The van der Waals surface area contributed by atoms with Gasteiger partial charge in [0.15, 0.2) is 12.5 Å². The number of nitrogens with one attached hydrogen (secondary N) is 2. The van der Waals surface area contributed by atoms with Crippen LogP contribution in [0.2, 0.25) is 0 Å². The number of hydrogen-bond acceptors (Lipinski definition) is 3. The zero-order valence-corrected chi connectivity index (χ0v) is 6.87. The van der Waals surface area contributed by atoms with Crippen molar-refractivity contribution in [2.75, 3.05) is 6.67 Å². The molecule has 0 saturated carbocycles. The zero-order valence-electron chi connectivity index (χ0n) is 6.87. The van der Waals surface area contributed by atoms with Gasteiger partial charge >= 0.3 is 12.0 Å². The number of carboxylic acid groups (broad SMARTS) is 1. The molecule has 1 aliphatic rings. The molecular weight excluding hydrogens is 202 g/mol. The fraction of sp³-hybridized carbons (Fsp3) is 0.667. The van der Waals surface area contributed by atoms with Gasteiger partial charge in [-0.3, -0.25) is 0 Å². The summed E-state index contributed by atoms with van der Waals surface area (Å²) in [5.41, 5.74) is 0. The molecule has 14 heavy (non-hydrogen) atoms. The Morgan fingerprint density at radius 1 is 1.64 bits per heavy atom. The third kappa shape index (κ3) is 2.28. The average molecular weight is 210 g/mol. The van der Waals surface area contributed by atoms with Gasteiger partial charge in [0, 0.05) is 0 Å². The summed E-state index contributed by atoms with van der Waals surface area (Å²) < 4.78 is 29.4. The third-order valence-electron chi connectivity index (χ3n) is 1.52. The molecule has 0 aromatic rings. The van der Waals surface area contributed by atoms with Crippen molar-refractivity contribution in [1.29, 1.82) is 0 Å². The number of carbonyl (C=O) groups excluding carboxylic acids is 1. The second kappa shape index (κ2) is 4.18. The van der Waals surface area contributed by atoms with E-state index in [0.717, 1.165) is 0 Å². The van der Waals surface area contributed by atoms with E-state index in [0.29, 0.717) is 0 Å². The summed E-state index contributed by atoms with van der Waals surface area (Å²) in [6.45, 7) is -1.06. The van der Waals surface area contributed by atoms with E-state index in [2.05, 4.69) is 4.74 Å². The van der Waals surface area contributed by atoms with Crippen LogP contribution >= 0.6 is 0 Å². The molecule has 3 atom stereocenters. The monoisotopic (exact) mass is 210 g/mol. The Kier molecular flexibility index (Phi) is 3.18. The fourth-order valence-corrected chi connectivity index (χ4v) is 0.909. The van der Waals surface area contributed by atoms with Crippen LogP contribution in [0.4, 0.5) is 13.6 Å². The fourth-order valence-electron chi connectivity index (χ4n) is 0.909. The van der Waals surface area contributed by atoms with Crippen LogP contribution in [-0.2, 0) is 9.53 Å². The lowest BCUT2D eigenvalue weighted by Gasteiger charge is -2.30. The smallest absolute Gasteiger partial charge is 0.343 e. The van der Waals surface area contributed by atoms with Crippen LogP contribution in [0.3, 0.4) is 0 Å². The Morgan fingerprint density at radius 3 is 2.79 bits per heavy atom. The molecule has 1 heterocycles. The standard InChI is InChI=1S/C6H8F2N2O4/c7-1-2-9-6(13)10-4(14-2)3(8)5(11)12/h2-4H,1H2,(H,11,12)(H2,9,10,13). The van der Waals surface area contributed by atoms with Gasteiger partial charge in [-0.15, -0.1) is 0 Å². The van der Waals surface area contributed by atoms with Crippen molar-refractivity contribution in [3.8, 4) is 0 Å². The van der Waals surface area contributed by atoms with E-state index in [9.17, 15) is 18.4 Å². The van der Waals surface area contributed by atoms with E-state index in [1.54, 1.807) is 0 Å². The van der Waals surface area contributed by atoms with Crippen molar-refractivity contribution in [1.82, 2.24) is 10.6 Å². The Morgan fingerprint density at radius 2 is 2.29 bits per heavy atom. The van der Waals surface area contributed by atoms with Gasteiger partial charge in [-0.1, -0.05) is 0 Å². The summed E-state index contributed by atoms with van der Waals surface area (Å²) in [6, 6.07) is -0.868. The molecule has 0 aliphatic carbocycles. The molecule has 6 nitrogen and oxygen atoms in total. The highest BCUT2D eigenvalue weighted by Gasteiger charge is 2.36. The number of aliphatic carboxylic acids is 1. The highest BCUT2D eigenvalue weighted by molar-refractivity contribution is 5.78. The van der Waals surface area contributed by atoms with Crippen molar-refractivity contribution in [2.24, 2.45) is 0 Å². The van der Waals surface area contributed by atoms with Crippen LogP contribution < -0.4 is 10.6 Å². The van der Waals surface area contributed by atoms with E-state index in [1.807, 2.05) is 10.6 Å². The summed E-state index contributed by atoms with van der Waals surface area (Å²) in [7, 11) is 0. The van der Waals surface area contributed by atoms with E-state index < -0.39 is 37.3 Å². The molecule has 3 N–H and O–H groups in total. The quantitative estimate of drug-likeness (QED) is 0.578. The average Bonchev–Trinajstić information content (AvgIpc) is 2.15. The van der Waals surface area contributed by atoms with E-state index in [1.165, 1.54) is 0 Å². The molecule has 0 radical (unpaired) electrons. The summed E-state index contributed by atoms with van der Waals surface area (Å²) in [6.07, 6.45) is -5.40. The highest BCUT2D eigenvalue weighted by atomic mass is 19.1. The maximum absolute atomic E-state index is 12.8. The maximum Gasteiger partial charge on any atom is 0.343 e. The number of urea groups is 1. The van der Waals surface area contributed by atoms with Crippen LogP contribution in [0, 0.1) is 0 Å². The Labute approximate surface area is 77.2 Å². The van der Waals surface area contributed by atoms with Crippen LogP contribution in [0.5, 0.6) is 0 Å². The molecule has 0 aromatic heterocycles. The minimum atomic E-state index is -2.42. The normalized spacial score (nSPS) is 28.9. The predicted octanol–water partition coefficient (Wildman–Crippen LogP) is -0.640. The summed E-state index contributed by atoms with van der Waals surface area (Å²) >= 11 is 0. The Hall–Kier alpha value is -1.44. The van der Waals surface area contributed by atoms with Gasteiger partial charge in [0.05, 0.1) is 0 Å². The largest absolute Gasteiger partial charge is 0.479 e. The second-order valence-electron chi connectivity index (χ2n) is 2.56. The first-order chi connectivity index (χ1) is 6.54. The first-order valence-corrected chi connectivity index (χ1v) is 3.70. The van der Waals surface area contributed by atoms with Gasteiger partial charge in [-0.25, -0.2) is 18.4 Å². The molecule has 0 bridgehead atoms. The van der Waals surface area contributed by atoms with Gasteiger partial charge in [0.1, 0.15) is 6.67 Å². The lowest BCUT2D eigenvalue weighted by Crippen LogP contribution is -2.61. The predicted molar refractivity (Wildman–Crippen MR) is 38.8 cm³/mol. The Balaban J connectivity index is 2.61. The van der Waals surface area contributed by atoms with Gasteiger partial charge in [0.25, 0.3) is 0 Å². The van der Waals surface area contributed by atoms with Gasteiger partial charge in [-0.2, -0.15) is 0 Å². The maximum atomic E-state index is 12.8. The molecule has 1 rings (SSSR count). The van der Waals surface area contributed by atoms with Crippen molar-refractivity contribution in [2.45, 2.75) is 18.6 Å². The lowest BCUT2D eigenvalue weighted by molar-refractivity contribution is -0.156. The zero-order chi connectivity index (χ0) is 10.7. The van der Waals surface area contributed by atoms with Crippen molar-refractivity contribution < 1.29 is 28.2 Å². The number of rotatable bonds is 3. The van der Waals surface area contributed by atoms with Crippen LogP contribution in [0.1, 0.15) is 0 Å². The molecule has 1 fully saturated rings. The van der Waals surface area contributed by atoms with Crippen molar-refractivity contribution in [3.05, 3.63) is 0 Å². The van der Waals surface area contributed by atoms with Crippen molar-refractivity contribution >= 4 is 12.0 Å². The number of ether oxygens (including phenoxy) is 1. The number of carboxylic acids is 1. The molecule has 80 valence electrons. The first-order valence-electron chi connectivity index (χ1n) is 3.70. The molecule has 8 heteroatoms. The molecule has 2 amide bonds. The molecule has 0 spiro atoms. The summed E-state index contributed by atoms with van der Waals surface area (Å²) in [5.74, 6) is -1.78. The summed E-state index contributed by atoms with van der Waals surface area (Å²) in [4.78, 5) is 20.9. The minimum absolute atomic E-state index is 0.868. The van der Waals surface area contributed by atoms with E-state index in [4.69, 9.17) is 5.11 Å². The number of carbonyl (C=O) groups is 2. The topological polar surface area (TPSA) is 87.7 Å². The van der Waals surface area contributed by atoms with Crippen LogP contribution in [-0.4, -0.2) is 42.4 Å². The number of halogens is 2.